The fourth-order valence-corrected chi connectivity index (χ4v) is 8.63. The van der Waals surface area contributed by atoms with Crippen LogP contribution in [0.25, 0.3) is 88.0 Å². The lowest BCUT2D eigenvalue weighted by Gasteiger charge is -2.29. The maximum atomic E-state index is 6.31. The number of anilines is 3. The molecule has 58 heavy (non-hydrogen) atoms. The molecular formula is C56H37NO. The molecule has 2 heteroatoms. The standard InChI is InChI=1S/C56H37NO/c1-4-14-38(15-5-1)42-25-26-44-35-46(30-28-43(44)34-42)57(53-22-12-10-20-49(53)39-16-6-2-7-17-39)47-31-32-48(51(37-47)40-18-8-3-9-19-40)45-27-24-41-29-33-55-56(52(41)36-45)50-21-11-13-23-54(50)58-55/h1-37H. The molecule has 0 unspecified atom stereocenters. The third-order valence-electron chi connectivity index (χ3n) is 11.4. The van der Waals surface area contributed by atoms with Crippen molar-refractivity contribution in [2.24, 2.45) is 0 Å². The summed E-state index contributed by atoms with van der Waals surface area (Å²) in [6.07, 6.45) is 0. The van der Waals surface area contributed by atoms with E-state index in [9.17, 15) is 0 Å². The number of furan rings is 1. The van der Waals surface area contributed by atoms with Gasteiger partial charge in [-0.15, -0.1) is 0 Å². The predicted octanol–water partition coefficient (Wildman–Crippen LogP) is 16.0. The second-order valence-electron chi connectivity index (χ2n) is 14.9. The van der Waals surface area contributed by atoms with Crippen LogP contribution in [0.2, 0.25) is 0 Å². The summed E-state index contributed by atoms with van der Waals surface area (Å²) < 4.78 is 6.31. The number of benzene rings is 10. The third kappa shape index (κ3) is 5.91. The lowest BCUT2D eigenvalue weighted by atomic mass is 9.91. The van der Waals surface area contributed by atoms with Gasteiger partial charge in [0.1, 0.15) is 11.2 Å². The van der Waals surface area contributed by atoms with E-state index < -0.39 is 0 Å². The van der Waals surface area contributed by atoms with E-state index in [0.29, 0.717) is 0 Å². The van der Waals surface area contributed by atoms with Crippen molar-refractivity contribution in [1.29, 1.82) is 0 Å². The Morgan fingerprint density at radius 2 is 0.879 bits per heavy atom. The van der Waals surface area contributed by atoms with E-state index in [0.717, 1.165) is 55.7 Å². The molecule has 0 spiro atoms. The summed E-state index contributed by atoms with van der Waals surface area (Å²) >= 11 is 0. The van der Waals surface area contributed by atoms with Crippen LogP contribution in [0.15, 0.2) is 229 Å². The summed E-state index contributed by atoms with van der Waals surface area (Å²) in [6, 6.07) is 80.8. The Balaban J connectivity index is 1.12. The van der Waals surface area contributed by atoms with Crippen molar-refractivity contribution < 1.29 is 4.42 Å². The van der Waals surface area contributed by atoms with Crippen LogP contribution < -0.4 is 4.90 Å². The molecule has 0 aliphatic heterocycles. The molecule has 2 nitrogen and oxygen atoms in total. The van der Waals surface area contributed by atoms with Crippen molar-refractivity contribution in [2.75, 3.05) is 4.90 Å². The molecule has 272 valence electrons. The maximum Gasteiger partial charge on any atom is 0.136 e. The summed E-state index contributed by atoms with van der Waals surface area (Å²) in [5.41, 5.74) is 14.5. The van der Waals surface area contributed by atoms with Gasteiger partial charge < -0.3 is 9.32 Å². The Bertz CT molecular complexity index is 3270. The molecule has 0 saturated heterocycles. The number of rotatable bonds is 7. The van der Waals surface area contributed by atoms with Crippen molar-refractivity contribution >= 4 is 60.5 Å². The van der Waals surface area contributed by atoms with Gasteiger partial charge in [-0.2, -0.15) is 0 Å². The lowest BCUT2D eigenvalue weighted by Crippen LogP contribution is -2.11. The van der Waals surface area contributed by atoms with Crippen molar-refractivity contribution in [2.45, 2.75) is 0 Å². The molecule has 11 rings (SSSR count). The van der Waals surface area contributed by atoms with Crippen LogP contribution in [-0.2, 0) is 0 Å². The Hall–Kier alpha value is -7.68. The fourth-order valence-electron chi connectivity index (χ4n) is 8.63. The van der Waals surface area contributed by atoms with E-state index in [1.54, 1.807) is 0 Å². The van der Waals surface area contributed by atoms with E-state index in [-0.39, 0.29) is 0 Å². The lowest BCUT2D eigenvalue weighted by molar-refractivity contribution is 0.669. The highest BCUT2D eigenvalue weighted by Crippen LogP contribution is 2.45. The van der Waals surface area contributed by atoms with Gasteiger partial charge in [0.2, 0.25) is 0 Å². The molecule has 0 fully saturated rings. The third-order valence-corrected chi connectivity index (χ3v) is 11.4. The Morgan fingerprint density at radius 3 is 1.69 bits per heavy atom. The van der Waals surface area contributed by atoms with Crippen LogP contribution in [0, 0.1) is 0 Å². The molecule has 0 aliphatic rings. The van der Waals surface area contributed by atoms with Gasteiger partial charge in [0.15, 0.2) is 0 Å². The van der Waals surface area contributed by atoms with Gasteiger partial charge in [0.05, 0.1) is 5.69 Å². The second kappa shape index (κ2) is 14.1. The highest BCUT2D eigenvalue weighted by atomic mass is 16.3. The summed E-state index contributed by atoms with van der Waals surface area (Å²) in [6.45, 7) is 0. The summed E-state index contributed by atoms with van der Waals surface area (Å²) in [5, 5.41) is 7.07. The SMILES string of the molecule is c1ccc(-c2ccc3cc(N(c4ccc(-c5ccc6ccc7oc8ccccc8c7c6c5)c(-c5ccccc5)c4)c4ccccc4-c4ccccc4)ccc3c2)cc1. The molecule has 0 radical (unpaired) electrons. The molecule has 0 N–H and O–H groups in total. The highest BCUT2D eigenvalue weighted by Gasteiger charge is 2.20. The topological polar surface area (TPSA) is 16.4 Å². The molecular weight excluding hydrogens is 703 g/mol. The first-order valence-corrected chi connectivity index (χ1v) is 19.8. The minimum atomic E-state index is 0.906. The predicted molar refractivity (Wildman–Crippen MR) is 245 cm³/mol. The van der Waals surface area contributed by atoms with E-state index in [1.807, 2.05) is 6.07 Å². The molecule has 0 bridgehead atoms. The number of para-hydroxylation sites is 2. The first-order chi connectivity index (χ1) is 28.7. The number of fused-ring (bicyclic) bond motifs is 6. The molecule has 10 aromatic carbocycles. The van der Waals surface area contributed by atoms with Gasteiger partial charge in [-0.1, -0.05) is 170 Å². The van der Waals surface area contributed by atoms with Crippen LogP contribution in [0.4, 0.5) is 17.1 Å². The van der Waals surface area contributed by atoms with Crippen LogP contribution >= 0.6 is 0 Å². The number of nitrogens with zero attached hydrogens (tertiary/aromatic N) is 1. The van der Waals surface area contributed by atoms with E-state index in [4.69, 9.17) is 4.42 Å². The quantitative estimate of drug-likeness (QED) is 0.162. The van der Waals surface area contributed by atoms with Crippen LogP contribution in [0.1, 0.15) is 0 Å². The van der Waals surface area contributed by atoms with E-state index in [2.05, 4.69) is 223 Å². The molecule has 0 aliphatic carbocycles. The Kier molecular flexibility index (Phi) is 8.19. The first kappa shape index (κ1) is 33.6. The van der Waals surface area contributed by atoms with Gasteiger partial charge in [-0.3, -0.25) is 0 Å². The summed E-state index contributed by atoms with van der Waals surface area (Å²) in [5.74, 6) is 0. The normalized spacial score (nSPS) is 11.4. The molecule has 1 aromatic heterocycles. The van der Waals surface area contributed by atoms with Gasteiger partial charge in [-0.25, -0.2) is 0 Å². The monoisotopic (exact) mass is 739 g/mol. The van der Waals surface area contributed by atoms with Crippen molar-refractivity contribution in [3.63, 3.8) is 0 Å². The van der Waals surface area contributed by atoms with Crippen LogP contribution in [-0.4, -0.2) is 0 Å². The first-order valence-electron chi connectivity index (χ1n) is 19.8. The van der Waals surface area contributed by atoms with Gasteiger partial charge in [0, 0.05) is 27.7 Å². The van der Waals surface area contributed by atoms with Gasteiger partial charge in [0.25, 0.3) is 0 Å². The zero-order valence-corrected chi connectivity index (χ0v) is 31.7. The van der Waals surface area contributed by atoms with E-state index >= 15 is 0 Å². The zero-order valence-electron chi connectivity index (χ0n) is 31.7. The van der Waals surface area contributed by atoms with Crippen molar-refractivity contribution in [1.82, 2.24) is 0 Å². The Morgan fingerprint density at radius 1 is 0.293 bits per heavy atom. The van der Waals surface area contributed by atoms with Crippen LogP contribution in [0.5, 0.6) is 0 Å². The van der Waals surface area contributed by atoms with Gasteiger partial charge >= 0.3 is 0 Å². The van der Waals surface area contributed by atoms with Gasteiger partial charge in [-0.05, 0) is 115 Å². The summed E-state index contributed by atoms with van der Waals surface area (Å²) in [7, 11) is 0. The average molecular weight is 740 g/mol. The smallest absolute Gasteiger partial charge is 0.136 e. The largest absolute Gasteiger partial charge is 0.456 e. The second-order valence-corrected chi connectivity index (χ2v) is 14.9. The number of hydrogen-bond acceptors (Lipinski definition) is 2. The highest BCUT2D eigenvalue weighted by molar-refractivity contribution is 6.19. The maximum absolute atomic E-state index is 6.31. The number of hydrogen-bond donors (Lipinski definition) is 0. The fraction of sp³-hybridized carbons (Fsp3) is 0. The molecule has 0 saturated carbocycles. The zero-order chi connectivity index (χ0) is 38.4. The molecule has 0 amide bonds. The average Bonchev–Trinajstić information content (AvgIpc) is 3.69. The minimum Gasteiger partial charge on any atom is -0.456 e. The van der Waals surface area contributed by atoms with Crippen molar-refractivity contribution in [3.8, 4) is 44.5 Å². The molecule has 11 aromatic rings. The molecule has 0 atom stereocenters. The van der Waals surface area contributed by atoms with Crippen LogP contribution in [0.3, 0.4) is 0 Å². The minimum absolute atomic E-state index is 0.906. The Labute approximate surface area is 337 Å². The van der Waals surface area contributed by atoms with E-state index in [1.165, 1.54) is 49.4 Å². The summed E-state index contributed by atoms with van der Waals surface area (Å²) in [4.78, 5) is 2.42. The van der Waals surface area contributed by atoms with Crippen molar-refractivity contribution in [3.05, 3.63) is 224 Å². The molecule has 1 heterocycles.